The second-order valence-electron chi connectivity index (χ2n) is 9.14. The third-order valence-corrected chi connectivity index (χ3v) is 9.02. The van der Waals surface area contributed by atoms with Crippen LogP contribution in [-0.2, 0) is 17.1 Å². The van der Waals surface area contributed by atoms with E-state index < -0.39 is 34.5 Å². The molecule has 1 saturated heterocycles. The fraction of sp³-hybridized carbons (Fsp3) is 0.250. The number of aromatic nitrogens is 5. The highest BCUT2D eigenvalue weighted by atomic mass is 35.5. The lowest BCUT2D eigenvalue weighted by atomic mass is 9.92. The van der Waals surface area contributed by atoms with Crippen LogP contribution < -0.4 is 4.72 Å². The van der Waals surface area contributed by atoms with Crippen LogP contribution >= 0.6 is 22.9 Å². The van der Waals surface area contributed by atoms with Gasteiger partial charge in [0.05, 0.1) is 5.69 Å². The summed E-state index contributed by atoms with van der Waals surface area (Å²) in [6, 6.07) is 5.23. The van der Waals surface area contributed by atoms with Crippen LogP contribution in [0, 0.1) is 5.82 Å². The molecular weight excluding hydrogens is 589 g/mol. The quantitative estimate of drug-likeness (QED) is 0.336. The Kier molecular flexibility index (Phi) is 6.76. The molecule has 40 heavy (non-hydrogen) atoms. The van der Waals surface area contributed by atoms with E-state index in [2.05, 4.69) is 19.9 Å². The summed E-state index contributed by atoms with van der Waals surface area (Å²) in [6.45, 7) is -2.69. The summed E-state index contributed by atoms with van der Waals surface area (Å²) in [5, 5.41) is 10.4. The molecule has 2 aliphatic rings. The maximum atomic E-state index is 14.0. The summed E-state index contributed by atoms with van der Waals surface area (Å²) in [5.41, 5.74) is 1.70. The van der Waals surface area contributed by atoms with Gasteiger partial charge < -0.3 is 4.90 Å². The zero-order valence-electron chi connectivity index (χ0n) is 20.6. The van der Waals surface area contributed by atoms with Crippen LogP contribution in [0.5, 0.6) is 0 Å². The average molecular weight is 609 g/mol. The molecular formula is C24H20ClF3N8O2S2. The number of fused-ring (bicyclic) bond motifs is 1. The van der Waals surface area contributed by atoms with Crippen LogP contribution in [0.4, 0.5) is 13.2 Å². The molecule has 3 aromatic heterocycles. The van der Waals surface area contributed by atoms with Crippen LogP contribution in [0.15, 0.2) is 70.0 Å². The molecule has 208 valence electrons. The van der Waals surface area contributed by atoms with Crippen molar-refractivity contribution in [3.63, 3.8) is 0 Å². The monoisotopic (exact) mass is 608 g/mol. The predicted molar refractivity (Wildman–Crippen MR) is 142 cm³/mol. The number of amidine groups is 1. The minimum atomic E-state index is -3.97. The van der Waals surface area contributed by atoms with Crippen molar-refractivity contribution in [3.05, 3.63) is 87.1 Å². The van der Waals surface area contributed by atoms with E-state index in [0.29, 0.717) is 32.4 Å². The van der Waals surface area contributed by atoms with Gasteiger partial charge >= 0.3 is 6.55 Å². The van der Waals surface area contributed by atoms with Gasteiger partial charge in [-0.3, -0.25) is 9.67 Å². The maximum absolute atomic E-state index is 14.0. The molecule has 0 spiro atoms. The molecule has 0 amide bonds. The summed E-state index contributed by atoms with van der Waals surface area (Å²) < 4.78 is 71.8. The third-order valence-electron chi connectivity index (χ3n) is 6.51. The van der Waals surface area contributed by atoms with Crippen molar-refractivity contribution >= 4 is 44.4 Å². The molecule has 6 rings (SSSR count). The number of halogens is 4. The molecule has 0 aliphatic carbocycles. The van der Waals surface area contributed by atoms with E-state index >= 15 is 0 Å². The van der Waals surface area contributed by atoms with Crippen molar-refractivity contribution < 1.29 is 21.6 Å². The molecule has 0 unspecified atom stereocenters. The minimum absolute atomic E-state index is 0.0949. The van der Waals surface area contributed by atoms with Gasteiger partial charge in [0, 0.05) is 71.9 Å². The van der Waals surface area contributed by atoms with Gasteiger partial charge in [0.1, 0.15) is 11.9 Å². The predicted octanol–water partition coefficient (Wildman–Crippen LogP) is 4.23. The molecule has 16 heteroatoms. The first-order valence-electron chi connectivity index (χ1n) is 11.9. The van der Waals surface area contributed by atoms with E-state index in [9.17, 15) is 21.6 Å². The van der Waals surface area contributed by atoms with Crippen LogP contribution in [0.1, 0.15) is 35.3 Å². The number of alkyl halides is 2. The molecule has 10 nitrogen and oxygen atoms in total. The molecule has 1 aromatic carbocycles. The number of aliphatic imine (C=N–C) groups is 1. The third kappa shape index (κ3) is 4.82. The van der Waals surface area contributed by atoms with E-state index in [1.165, 1.54) is 46.5 Å². The van der Waals surface area contributed by atoms with Crippen LogP contribution in [0.2, 0.25) is 5.02 Å². The lowest BCUT2D eigenvalue weighted by Gasteiger charge is -2.32. The van der Waals surface area contributed by atoms with Crippen LogP contribution in [0.25, 0.3) is 5.57 Å². The fourth-order valence-electron chi connectivity index (χ4n) is 4.85. The van der Waals surface area contributed by atoms with E-state index in [1.54, 1.807) is 18.6 Å². The summed E-state index contributed by atoms with van der Waals surface area (Å²) in [7, 11) is -2.36. The zero-order valence-corrected chi connectivity index (χ0v) is 23.0. The lowest BCUT2D eigenvalue weighted by molar-refractivity contribution is 0.0564. The van der Waals surface area contributed by atoms with Crippen LogP contribution in [-0.4, -0.2) is 56.3 Å². The van der Waals surface area contributed by atoms with Crippen molar-refractivity contribution in [2.75, 3.05) is 6.54 Å². The Morgan fingerprint density at radius 3 is 2.65 bits per heavy atom. The van der Waals surface area contributed by atoms with Gasteiger partial charge in [0.15, 0.2) is 15.9 Å². The molecule has 2 atom stereocenters. The highest BCUT2D eigenvalue weighted by molar-refractivity contribution is 7.89. The second-order valence-corrected chi connectivity index (χ2v) is 12.1. The highest BCUT2D eigenvalue weighted by Crippen LogP contribution is 2.46. The van der Waals surface area contributed by atoms with Crippen molar-refractivity contribution in [1.29, 1.82) is 0 Å². The molecule has 0 radical (unpaired) electrons. The average Bonchev–Trinajstić information content (AvgIpc) is 3.69. The number of aryl methyl sites for hydroxylation is 1. The van der Waals surface area contributed by atoms with Gasteiger partial charge in [-0.1, -0.05) is 17.7 Å². The molecule has 5 heterocycles. The summed E-state index contributed by atoms with van der Waals surface area (Å²) in [6.07, 6.45) is 4.47. The van der Waals surface area contributed by atoms with E-state index in [0.717, 1.165) is 12.3 Å². The van der Waals surface area contributed by atoms with Gasteiger partial charge in [0.25, 0.3) is 10.0 Å². The Hall–Kier alpha value is -3.53. The van der Waals surface area contributed by atoms with Gasteiger partial charge in [-0.25, -0.2) is 27.2 Å². The number of sulfonamides is 1. The first-order valence-corrected chi connectivity index (χ1v) is 14.6. The standard InChI is InChI=1S/C24H20ClF3N8O2S2/c1-34-7-5-19(32-34)40(37,38)33-14-11-18-20(17-4-8-36(31-17)24(27)28)21(15-3-2-13(26)10-16(15)25)30-22(35(18)12-14)23-29-6-9-39-23/h2-10,14,21,24,33H,11-12H2,1H3/t14-,21-/m0/s1. The molecule has 1 fully saturated rings. The van der Waals surface area contributed by atoms with Crippen LogP contribution in [0.3, 0.4) is 0 Å². The fourth-order valence-corrected chi connectivity index (χ4v) is 6.95. The van der Waals surface area contributed by atoms with E-state index in [4.69, 9.17) is 16.6 Å². The van der Waals surface area contributed by atoms with Crippen molar-refractivity contribution in [2.45, 2.75) is 30.1 Å². The summed E-state index contributed by atoms with van der Waals surface area (Å²) in [4.78, 5) is 11.1. The Bertz CT molecular complexity index is 1750. The number of nitrogens with one attached hydrogen (secondary N) is 1. The highest BCUT2D eigenvalue weighted by Gasteiger charge is 2.42. The number of rotatable bonds is 7. The van der Waals surface area contributed by atoms with Gasteiger partial charge in [-0.2, -0.15) is 19.0 Å². The Balaban J connectivity index is 1.50. The Morgan fingerprint density at radius 1 is 1.18 bits per heavy atom. The smallest absolute Gasteiger partial charge is 0.326 e. The molecule has 1 N–H and O–H groups in total. The number of hydrogen-bond donors (Lipinski definition) is 1. The van der Waals surface area contributed by atoms with Crippen molar-refractivity contribution in [2.24, 2.45) is 12.0 Å². The SMILES string of the molecule is Cn1ccc(S(=O)(=O)N[C@H]2CC3=C(c4ccn(C(F)F)n4)[C@H](c4ccc(F)cc4Cl)N=C(c4nccs4)N3C2)n1. The largest absolute Gasteiger partial charge is 0.333 e. The van der Waals surface area contributed by atoms with Crippen molar-refractivity contribution in [3.8, 4) is 0 Å². The van der Waals surface area contributed by atoms with E-state index in [1.807, 2.05) is 4.90 Å². The normalized spacial score (nSPS) is 19.4. The molecule has 2 aliphatic heterocycles. The topological polar surface area (TPSA) is 110 Å². The van der Waals surface area contributed by atoms with Gasteiger partial charge in [-0.15, -0.1) is 11.3 Å². The van der Waals surface area contributed by atoms with E-state index in [-0.39, 0.29) is 28.7 Å². The molecule has 4 aromatic rings. The second kappa shape index (κ2) is 10.1. The lowest BCUT2D eigenvalue weighted by Crippen LogP contribution is -2.39. The number of nitrogens with zero attached hydrogens (tertiary/aromatic N) is 7. The summed E-state index contributed by atoms with van der Waals surface area (Å²) >= 11 is 7.80. The van der Waals surface area contributed by atoms with Gasteiger partial charge in [0.2, 0.25) is 0 Å². The molecule has 0 bridgehead atoms. The van der Waals surface area contributed by atoms with Gasteiger partial charge in [-0.05, 0) is 24.3 Å². The first-order chi connectivity index (χ1) is 19.1. The zero-order chi connectivity index (χ0) is 28.2. The van der Waals surface area contributed by atoms with Crippen molar-refractivity contribution in [1.82, 2.24) is 34.2 Å². The molecule has 0 saturated carbocycles. The Morgan fingerprint density at radius 2 is 2.00 bits per heavy atom. The Labute approximate surface area is 235 Å². The minimum Gasteiger partial charge on any atom is -0.326 e. The maximum Gasteiger partial charge on any atom is 0.333 e. The summed E-state index contributed by atoms with van der Waals surface area (Å²) in [5.74, 6) is -0.0941. The number of thiazole rings is 1. The number of benzene rings is 1. The first kappa shape index (κ1) is 26.7. The number of hydrogen-bond acceptors (Lipinski definition) is 8.